The van der Waals surface area contributed by atoms with Crippen LogP contribution in [-0.2, 0) is 9.59 Å². The van der Waals surface area contributed by atoms with Gasteiger partial charge in [0.15, 0.2) is 0 Å². The Morgan fingerprint density at radius 3 is 2.52 bits per heavy atom. The fourth-order valence-corrected chi connectivity index (χ4v) is 2.86. The third-order valence-corrected chi connectivity index (χ3v) is 4.04. The first-order chi connectivity index (χ1) is 9.99. The highest BCUT2D eigenvalue weighted by Crippen LogP contribution is 2.31. The molecule has 5 heteroatoms. The van der Waals surface area contributed by atoms with Crippen molar-refractivity contribution in [1.29, 1.82) is 0 Å². The molecule has 1 saturated carbocycles. The van der Waals surface area contributed by atoms with Gasteiger partial charge in [0.2, 0.25) is 5.91 Å². The van der Waals surface area contributed by atoms with Crippen LogP contribution < -0.4 is 10.2 Å². The number of hydrogen-bond donors (Lipinski definition) is 2. The van der Waals surface area contributed by atoms with Gasteiger partial charge in [-0.15, -0.1) is 0 Å². The third kappa shape index (κ3) is 3.74. The molecule has 2 N–H and O–H groups in total. The van der Waals surface area contributed by atoms with Crippen molar-refractivity contribution in [3.8, 4) is 0 Å². The van der Waals surface area contributed by atoms with Crippen molar-refractivity contribution in [2.24, 2.45) is 11.8 Å². The Labute approximate surface area is 125 Å². The zero-order valence-electron chi connectivity index (χ0n) is 12.5. The second-order valence-corrected chi connectivity index (χ2v) is 5.80. The first-order valence-electron chi connectivity index (χ1n) is 7.29. The molecule has 1 aromatic carbocycles. The molecule has 1 aromatic rings. The van der Waals surface area contributed by atoms with Gasteiger partial charge >= 0.3 is 5.97 Å². The Hall–Kier alpha value is -2.04. The normalized spacial score (nSPS) is 21.6. The van der Waals surface area contributed by atoms with Crippen LogP contribution in [0.25, 0.3) is 0 Å². The van der Waals surface area contributed by atoms with Crippen molar-refractivity contribution >= 4 is 23.3 Å². The summed E-state index contributed by atoms with van der Waals surface area (Å²) in [6.07, 6.45) is 2.67. The summed E-state index contributed by atoms with van der Waals surface area (Å²) >= 11 is 0. The number of para-hydroxylation sites is 2. The number of nitrogens with zero attached hydrogens (tertiary/aromatic N) is 1. The molecule has 0 aromatic heterocycles. The van der Waals surface area contributed by atoms with E-state index in [0.717, 1.165) is 24.2 Å². The van der Waals surface area contributed by atoms with Crippen molar-refractivity contribution < 1.29 is 14.7 Å². The number of carboxylic acids is 1. The second-order valence-electron chi connectivity index (χ2n) is 5.80. The molecule has 0 bridgehead atoms. The van der Waals surface area contributed by atoms with Crippen molar-refractivity contribution in [2.45, 2.75) is 25.7 Å². The van der Waals surface area contributed by atoms with E-state index in [1.54, 1.807) is 0 Å². The van der Waals surface area contributed by atoms with Crippen LogP contribution in [-0.4, -0.2) is 31.1 Å². The van der Waals surface area contributed by atoms with Crippen LogP contribution in [0.3, 0.4) is 0 Å². The standard InChI is InChI=1S/C16H22N2O3/c1-18(2)14-9-4-3-8-13(14)17-15(19)11-6-5-7-12(10-11)16(20)21/h3-4,8-9,11-12H,5-7,10H2,1-2H3,(H,17,19)(H,20,21). The minimum Gasteiger partial charge on any atom is -0.481 e. The molecule has 2 atom stereocenters. The number of benzene rings is 1. The molecule has 2 rings (SSSR count). The molecular formula is C16H22N2O3. The summed E-state index contributed by atoms with van der Waals surface area (Å²) in [5.74, 6) is -1.47. The summed E-state index contributed by atoms with van der Waals surface area (Å²) in [4.78, 5) is 25.4. The molecule has 1 amide bonds. The van der Waals surface area contributed by atoms with Gasteiger partial charge in [0.25, 0.3) is 0 Å². The number of carbonyl (C=O) groups is 2. The van der Waals surface area contributed by atoms with Gasteiger partial charge in [-0.1, -0.05) is 18.6 Å². The summed E-state index contributed by atoms with van der Waals surface area (Å²) < 4.78 is 0. The van der Waals surface area contributed by atoms with E-state index in [1.807, 2.05) is 43.3 Å². The van der Waals surface area contributed by atoms with Gasteiger partial charge in [-0.05, 0) is 31.4 Å². The molecule has 114 valence electrons. The monoisotopic (exact) mass is 290 g/mol. The van der Waals surface area contributed by atoms with E-state index >= 15 is 0 Å². The van der Waals surface area contributed by atoms with Gasteiger partial charge in [0.05, 0.1) is 17.3 Å². The number of rotatable bonds is 4. The summed E-state index contributed by atoms with van der Waals surface area (Å²) in [6, 6.07) is 7.61. The highest BCUT2D eigenvalue weighted by molar-refractivity contribution is 5.96. The predicted octanol–water partition coefficient (Wildman–Crippen LogP) is 2.58. The van der Waals surface area contributed by atoms with E-state index in [2.05, 4.69) is 5.32 Å². The van der Waals surface area contributed by atoms with Crippen LogP contribution >= 0.6 is 0 Å². The van der Waals surface area contributed by atoms with Crippen molar-refractivity contribution in [3.05, 3.63) is 24.3 Å². The number of amides is 1. The van der Waals surface area contributed by atoms with Crippen LogP contribution in [0.2, 0.25) is 0 Å². The minimum atomic E-state index is -0.791. The Kier molecular flexibility index (Phi) is 4.83. The van der Waals surface area contributed by atoms with Crippen LogP contribution in [0.5, 0.6) is 0 Å². The predicted molar refractivity (Wildman–Crippen MR) is 82.5 cm³/mol. The number of nitrogens with one attached hydrogen (secondary N) is 1. The summed E-state index contributed by atoms with van der Waals surface area (Å²) in [6.45, 7) is 0. The average molecular weight is 290 g/mol. The quantitative estimate of drug-likeness (QED) is 0.894. The van der Waals surface area contributed by atoms with Gasteiger partial charge in [-0.3, -0.25) is 9.59 Å². The molecule has 0 radical (unpaired) electrons. The van der Waals surface area contributed by atoms with Crippen LogP contribution in [0.1, 0.15) is 25.7 Å². The van der Waals surface area contributed by atoms with Crippen molar-refractivity contribution in [1.82, 2.24) is 0 Å². The first kappa shape index (κ1) is 15.4. The number of carbonyl (C=O) groups excluding carboxylic acids is 1. The SMILES string of the molecule is CN(C)c1ccccc1NC(=O)C1CCCC(C(=O)O)C1. The molecule has 2 unspecified atom stereocenters. The Bertz CT molecular complexity index is 528. The molecule has 1 fully saturated rings. The minimum absolute atomic E-state index is 0.0738. The summed E-state index contributed by atoms with van der Waals surface area (Å²) in [7, 11) is 3.85. The average Bonchev–Trinajstić information content (AvgIpc) is 2.47. The van der Waals surface area contributed by atoms with Crippen LogP contribution in [0, 0.1) is 11.8 Å². The second kappa shape index (κ2) is 6.61. The van der Waals surface area contributed by atoms with Crippen LogP contribution in [0.15, 0.2) is 24.3 Å². The van der Waals surface area contributed by atoms with Gasteiger partial charge in [0, 0.05) is 20.0 Å². The molecular weight excluding hydrogens is 268 g/mol. The lowest BCUT2D eigenvalue weighted by Gasteiger charge is -2.26. The van der Waals surface area contributed by atoms with E-state index in [1.165, 1.54) is 0 Å². The summed E-state index contributed by atoms with van der Waals surface area (Å²) in [5.41, 5.74) is 1.71. The molecule has 0 aliphatic heterocycles. The molecule has 1 aliphatic rings. The van der Waals surface area contributed by atoms with Crippen LogP contribution in [0.4, 0.5) is 11.4 Å². The number of anilines is 2. The maximum atomic E-state index is 12.4. The Balaban J connectivity index is 2.06. The van der Waals surface area contributed by atoms with Crippen molar-refractivity contribution in [2.75, 3.05) is 24.3 Å². The molecule has 0 saturated heterocycles. The maximum Gasteiger partial charge on any atom is 0.306 e. The fourth-order valence-electron chi connectivity index (χ4n) is 2.86. The topological polar surface area (TPSA) is 69.6 Å². The van der Waals surface area contributed by atoms with Gasteiger partial charge in [0.1, 0.15) is 0 Å². The van der Waals surface area contributed by atoms with Gasteiger partial charge in [-0.2, -0.15) is 0 Å². The Morgan fingerprint density at radius 1 is 1.19 bits per heavy atom. The van der Waals surface area contributed by atoms with Gasteiger partial charge in [-0.25, -0.2) is 0 Å². The highest BCUT2D eigenvalue weighted by atomic mass is 16.4. The fraction of sp³-hybridized carbons (Fsp3) is 0.500. The molecule has 21 heavy (non-hydrogen) atoms. The number of aliphatic carboxylic acids is 1. The van der Waals surface area contributed by atoms with E-state index in [0.29, 0.717) is 12.8 Å². The first-order valence-corrected chi connectivity index (χ1v) is 7.29. The molecule has 0 heterocycles. The smallest absolute Gasteiger partial charge is 0.306 e. The molecule has 0 spiro atoms. The summed E-state index contributed by atoms with van der Waals surface area (Å²) in [5, 5.41) is 12.1. The van der Waals surface area contributed by atoms with E-state index in [-0.39, 0.29) is 11.8 Å². The zero-order chi connectivity index (χ0) is 15.4. The maximum absolute atomic E-state index is 12.4. The van der Waals surface area contributed by atoms with Gasteiger partial charge < -0.3 is 15.3 Å². The van der Waals surface area contributed by atoms with E-state index in [4.69, 9.17) is 5.11 Å². The number of carboxylic acid groups (broad SMARTS) is 1. The highest BCUT2D eigenvalue weighted by Gasteiger charge is 2.31. The van der Waals surface area contributed by atoms with E-state index in [9.17, 15) is 9.59 Å². The largest absolute Gasteiger partial charge is 0.481 e. The Morgan fingerprint density at radius 2 is 1.86 bits per heavy atom. The van der Waals surface area contributed by atoms with Crippen molar-refractivity contribution in [3.63, 3.8) is 0 Å². The molecule has 1 aliphatic carbocycles. The lowest BCUT2D eigenvalue weighted by atomic mass is 9.81. The van der Waals surface area contributed by atoms with E-state index < -0.39 is 11.9 Å². The third-order valence-electron chi connectivity index (χ3n) is 4.04. The zero-order valence-corrected chi connectivity index (χ0v) is 12.5. The lowest BCUT2D eigenvalue weighted by Crippen LogP contribution is -2.31. The lowest BCUT2D eigenvalue weighted by molar-refractivity contribution is -0.143. The number of hydrogen-bond acceptors (Lipinski definition) is 3. The molecule has 5 nitrogen and oxygen atoms in total.